The Balaban J connectivity index is 2.32. The van der Waals surface area contributed by atoms with Crippen molar-refractivity contribution in [2.24, 2.45) is 0 Å². The van der Waals surface area contributed by atoms with E-state index in [4.69, 9.17) is 9.84 Å². The first-order chi connectivity index (χ1) is 11.9. The molecule has 1 N–H and O–H groups in total. The normalized spacial score (nSPS) is 11.6. The zero-order valence-electron chi connectivity index (χ0n) is 12.9. The van der Waals surface area contributed by atoms with Crippen molar-refractivity contribution in [3.63, 3.8) is 0 Å². The van der Waals surface area contributed by atoms with Gasteiger partial charge in [-0.05, 0) is 17.7 Å². The van der Waals surface area contributed by atoms with E-state index in [0.29, 0.717) is 5.56 Å². The fraction of sp³-hybridized carbons (Fsp3) is 0.176. The molecular formula is C17H14FNO6. The second kappa shape index (κ2) is 8.00. The van der Waals surface area contributed by atoms with Crippen molar-refractivity contribution in [1.29, 1.82) is 0 Å². The predicted molar refractivity (Wildman–Crippen MR) is 84.3 cm³/mol. The molecule has 0 amide bonds. The van der Waals surface area contributed by atoms with Gasteiger partial charge >= 0.3 is 11.9 Å². The topological polar surface area (TPSA) is 107 Å². The molecule has 0 aliphatic rings. The number of carbonyl (C=O) groups is 2. The van der Waals surface area contributed by atoms with Crippen LogP contribution in [0.4, 0.5) is 10.1 Å². The molecule has 1 unspecified atom stereocenters. The number of carboxylic acids is 1. The molecule has 0 spiro atoms. The van der Waals surface area contributed by atoms with Crippen LogP contribution in [0.15, 0.2) is 48.5 Å². The van der Waals surface area contributed by atoms with Crippen LogP contribution in [0.3, 0.4) is 0 Å². The van der Waals surface area contributed by atoms with Gasteiger partial charge in [0.05, 0.1) is 11.0 Å². The third-order valence-corrected chi connectivity index (χ3v) is 3.39. The lowest BCUT2D eigenvalue weighted by Crippen LogP contribution is -2.17. The fourth-order valence-electron chi connectivity index (χ4n) is 2.30. The Morgan fingerprint density at radius 2 is 1.88 bits per heavy atom. The highest BCUT2D eigenvalue weighted by molar-refractivity contribution is 5.90. The van der Waals surface area contributed by atoms with E-state index in [0.717, 1.165) is 12.1 Å². The SMILES string of the molecule is O=C(O)CC(=O)OC(Cc1ccc(F)cc1[N+](=O)[O-])c1ccccc1. The molecule has 0 saturated heterocycles. The number of hydrogen-bond donors (Lipinski definition) is 1. The minimum absolute atomic E-state index is 0.0913. The predicted octanol–water partition coefficient (Wildman–Crippen LogP) is 3.04. The first kappa shape index (κ1) is 18.1. The van der Waals surface area contributed by atoms with Gasteiger partial charge in [-0.3, -0.25) is 19.7 Å². The number of halogens is 1. The maximum atomic E-state index is 13.3. The molecule has 0 aliphatic carbocycles. The van der Waals surface area contributed by atoms with E-state index in [1.54, 1.807) is 30.3 Å². The van der Waals surface area contributed by atoms with Crippen molar-refractivity contribution in [3.05, 3.63) is 75.6 Å². The summed E-state index contributed by atoms with van der Waals surface area (Å²) in [5, 5.41) is 19.8. The number of benzene rings is 2. The number of carboxylic acid groups (broad SMARTS) is 1. The van der Waals surface area contributed by atoms with Gasteiger partial charge < -0.3 is 9.84 Å². The summed E-state index contributed by atoms with van der Waals surface area (Å²) in [6, 6.07) is 11.5. The van der Waals surface area contributed by atoms with Crippen LogP contribution < -0.4 is 0 Å². The average molecular weight is 347 g/mol. The van der Waals surface area contributed by atoms with Gasteiger partial charge in [0.1, 0.15) is 18.3 Å². The Hall–Kier alpha value is -3.29. The van der Waals surface area contributed by atoms with Crippen molar-refractivity contribution in [2.45, 2.75) is 18.9 Å². The van der Waals surface area contributed by atoms with Crippen molar-refractivity contribution >= 4 is 17.6 Å². The zero-order valence-corrected chi connectivity index (χ0v) is 12.9. The molecule has 0 saturated carbocycles. The summed E-state index contributed by atoms with van der Waals surface area (Å²) in [5.74, 6) is -3.06. The number of hydrogen-bond acceptors (Lipinski definition) is 5. The molecule has 0 heterocycles. The van der Waals surface area contributed by atoms with Crippen LogP contribution in [0.5, 0.6) is 0 Å². The minimum Gasteiger partial charge on any atom is -0.481 e. The lowest BCUT2D eigenvalue weighted by Gasteiger charge is -2.18. The molecule has 0 radical (unpaired) electrons. The Bertz CT molecular complexity index is 793. The van der Waals surface area contributed by atoms with E-state index in [1.807, 2.05) is 0 Å². The molecule has 2 rings (SSSR count). The summed E-state index contributed by atoms with van der Waals surface area (Å²) < 4.78 is 18.4. The smallest absolute Gasteiger partial charge is 0.317 e. The van der Waals surface area contributed by atoms with Crippen LogP contribution in [0.1, 0.15) is 23.7 Å². The highest BCUT2D eigenvalue weighted by Gasteiger charge is 2.23. The summed E-state index contributed by atoms with van der Waals surface area (Å²) >= 11 is 0. The van der Waals surface area contributed by atoms with Crippen molar-refractivity contribution in [2.75, 3.05) is 0 Å². The molecule has 7 nitrogen and oxygen atoms in total. The Morgan fingerprint density at radius 3 is 2.48 bits per heavy atom. The van der Waals surface area contributed by atoms with Gasteiger partial charge in [0, 0.05) is 12.0 Å². The first-order valence-electron chi connectivity index (χ1n) is 7.26. The van der Waals surface area contributed by atoms with E-state index in [-0.39, 0.29) is 12.0 Å². The number of nitro benzene ring substituents is 1. The molecule has 25 heavy (non-hydrogen) atoms. The molecule has 1 atom stereocenters. The maximum absolute atomic E-state index is 13.3. The number of rotatable bonds is 7. The van der Waals surface area contributed by atoms with Gasteiger partial charge in [-0.25, -0.2) is 4.39 Å². The molecule has 2 aromatic carbocycles. The Kier molecular flexibility index (Phi) is 5.78. The highest BCUT2D eigenvalue weighted by Crippen LogP contribution is 2.28. The summed E-state index contributed by atoms with van der Waals surface area (Å²) in [7, 11) is 0. The summed E-state index contributed by atoms with van der Waals surface area (Å²) in [6.07, 6.45) is -1.85. The monoisotopic (exact) mass is 347 g/mol. The fourth-order valence-corrected chi connectivity index (χ4v) is 2.30. The maximum Gasteiger partial charge on any atom is 0.317 e. The lowest BCUT2D eigenvalue weighted by molar-refractivity contribution is -0.385. The average Bonchev–Trinajstić information content (AvgIpc) is 2.55. The number of ether oxygens (including phenoxy) is 1. The summed E-state index contributed by atoms with van der Waals surface area (Å²) in [6.45, 7) is 0. The van der Waals surface area contributed by atoms with Crippen LogP contribution in [0, 0.1) is 15.9 Å². The van der Waals surface area contributed by atoms with Gasteiger partial charge in [-0.15, -0.1) is 0 Å². The molecule has 0 aliphatic heterocycles. The van der Waals surface area contributed by atoms with Crippen LogP contribution in [-0.2, 0) is 20.7 Å². The molecule has 8 heteroatoms. The Labute approximate surface area is 141 Å². The van der Waals surface area contributed by atoms with Crippen LogP contribution in [0.25, 0.3) is 0 Å². The first-order valence-corrected chi connectivity index (χ1v) is 7.26. The van der Waals surface area contributed by atoms with E-state index in [2.05, 4.69) is 0 Å². The van der Waals surface area contributed by atoms with Crippen molar-refractivity contribution in [3.8, 4) is 0 Å². The van der Waals surface area contributed by atoms with Crippen LogP contribution in [0.2, 0.25) is 0 Å². The minimum atomic E-state index is -1.34. The number of aliphatic carboxylic acids is 1. The van der Waals surface area contributed by atoms with Gasteiger partial charge in [-0.1, -0.05) is 30.3 Å². The lowest BCUT2D eigenvalue weighted by atomic mass is 10.00. The van der Waals surface area contributed by atoms with Gasteiger partial charge in [0.2, 0.25) is 0 Å². The molecule has 0 aromatic heterocycles. The van der Waals surface area contributed by atoms with E-state index in [9.17, 15) is 24.1 Å². The van der Waals surface area contributed by atoms with Gasteiger partial charge in [-0.2, -0.15) is 0 Å². The van der Waals surface area contributed by atoms with Crippen LogP contribution >= 0.6 is 0 Å². The summed E-state index contributed by atoms with van der Waals surface area (Å²) in [5.41, 5.74) is 0.276. The van der Waals surface area contributed by atoms with Gasteiger partial charge in [0.25, 0.3) is 5.69 Å². The largest absolute Gasteiger partial charge is 0.481 e. The van der Waals surface area contributed by atoms with Crippen LogP contribution in [-0.4, -0.2) is 22.0 Å². The zero-order chi connectivity index (χ0) is 18.4. The third-order valence-electron chi connectivity index (χ3n) is 3.39. The van der Waals surface area contributed by atoms with Gasteiger partial charge in [0.15, 0.2) is 0 Å². The molecule has 2 aromatic rings. The van der Waals surface area contributed by atoms with E-state index >= 15 is 0 Å². The number of nitrogens with zero attached hydrogens (tertiary/aromatic N) is 1. The third kappa shape index (κ3) is 5.10. The number of esters is 1. The van der Waals surface area contributed by atoms with Crippen molar-refractivity contribution in [1.82, 2.24) is 0 Å². The summed E-state index contributed by atoms with van der Waals surface area (Å²) in [4.78, 5) is 32.7. The molecular weight excluding hydrogens is 333 g/mol. The standard InChI is InChI=1S/C17H14FNO6/c18-13-7-6-12(14(9-13)19(23)24)8-15(11-4-2-1-3-5-11)25-17(22)10-16(20)21/h1-7,9,15H,8,10H2,(H,20,21). The highest BCUT2D eigenvalue weighted by atomic mass is 19.1. The van der Waals surface area contributed by atoms with E-state index in [1.165, 1.54) is 6.07 Å². The Morgan fingerprint density at radius 1 is 1.20 bits per heavy atom. The number of nitro groups is 1. The second-order valence-corrected chi connectivity index (χ2v) is 5.19. The second-order valence-electron chi connectivity index (χ2n) is 5.19. The molecule has 130 valence electrons. The quantitative estimate of drug-likeness (QED) is 0.357. The molecule has 0 bridgehead atoms. The van der Waals surface area contributed by atoms with E-state index < -0.39 is 40.9 Å². The number of carbonyl (C=O) groups excluding carboxylic acids is 1. The molecule has 0 fully saturated rings. The van der Waals surface area contributed by atoms with Crippen molar-refractivity contribution < 1.29 is 28.7 Å².